The van der Waals surface area contributed by atoms with E-state index < -0.39 is 5.82 Å². The van der Waals surface area contributed by atoms with Crippen molar-refractivity contribution < 1.29 is 13.5 Å². The summed E-state index contributed by atoms with van der Waals surface area (Å²) >= 11 is 5.45. The van der Waals surface area contributed by atoms with Gasteiger partial charge in [0.2, 0.25) is 0 Å². The van der Waals surface area contributed by atoms with E-state index in [4.69, 9.17) is 16.3 Å². The highest BCUT2D eigenvalue weighted by Gasteiger charge is 2.04. The lowest BCUT2D eigenvalue weighted by Crippen LogP contribution is -1.99. The molecule has 0 heterocycles. The Morgan fingerprint density at radius 1 is 1.10 bits per heavy atom. The Morgan fingerprint density at radius 2 is 1.90 bits per heavy atom. The van der Waals surface area contributed by atoms with E-state index >= 15 is 0 Å². The number of ether oxygens (including phenoxy) is 1. The van der Waals surface area contributed by atoms with Crippen LogP contribution in [0.5, 0.6) is 5.75 Å². The monoisotopic (exact) mass is 292 g/mol. The molecule has 0 amide bonds. The topological polar surface area (TPSA) is 9.23 Å². The molecule has 0 aromatic heterocycles. The lowest BCUT2D eigenvalue weighted by Gasteiger charge is -2.07. The molecular weight excluding hydrogens is 282 g/mol. The second-order valence-electron chi connectivity index (χ2n) is 3.99. The molecule has 1 nitrogen and oxygen atoms in total. The van der Waals surface area contributed by atoms with Gasteiger partial charge in [0, 0.05) is 17.2 Å². The van der Waals surface area contributed by atoms with Crippen LogP contribution in [0.3, 0.4) is 0 Å². The molecule has 0 aliphatic rings. The fourth-order valence-corrected chi connectivity index (χ4v) is 1.70. The number of rotatable bonds is 3. The molecule has 2 rings (SSSR count). The minimum atomic E-state index is -0.463. The van der Waals surface area contributed by atoms with Crippen LogP contribution in [0.1, 0.15) is 11.1 Å². The minimum absolute atomic E-state index is 0.0263. The largest absolute Gasteiger partial charge is 0.489 e. The Balaban J connectivity index is 2.13. The zero-order valence-electron chi connectivity index (χ0n) is 10.5. The fraction of sp³-hybridized carbons (Fsp3) is 0.125. The number of hydrogen-bond acceptors (Lipinski definition) is 1. The maximum absolute atomic E-state index is 13.4. The van der Waals surface area contributed by atoms with Crippen molar-refractivity contribution in [3.05, 3.63) is 65.2 Å². The zero-order valence-corrected chi connectivity index (χ0v) is 11.3. The second kappa shape index (κ2) is 6.93. The molecule has 0 fully saturated rings. The Bertz CT molecular complexity index is 659. The van der Waals surface area contributed by atoms with Crippen LogP contribution < -0.4 is 4.74 Å². The molecule has 2 aromatic carbocycles. The van der Waals surface area contributed by atoms with Crippen LogP contribution >= 0.6 is 11.6 Å². The third-order valence-electron chi connectivity index (χ3n) is 2.52. The molecule has 0 atom stereocenters. The summed E-state index contributed by atoms with van der Waals surface area (Å²) in [5.74, 6) is 4.99. The summed E-state index contributed by atoms with van der Waals surface area (Å²) < 4.78 is 32.2. The first-order chi connectivity index (χ1) is 9.69. The summed E-state index contributed by atoms with van der Waals surface area (Å²) in [5, 5.41) is 0. The van der Waals surface area contributed by atoms with Gasteiger partial charge in [-0.3, -0.25) is 0 Å². The van der Waals surface area contributed by atoms with Gasteiger partial charge in [0.25, 0.3) is 0 Å². The van der Waals surface area contributed by atoms with E-state index in [0.717, 1.165) is 0 Å². The van der Waals surface area contributed by atoms with Crippen LogP contribution in [0.2, 0.25) is 0 Å². The molecule has 0 saturated carbocycles. The molecule has 0 spiro atoms. The molecule has 0 bridgehead atoms. The van der Waals surface area contributed by atoms with Crippen molar-refractivity contribution in [1.82, 2.24) is 0 Å². The van der Waals surface area contributed by atoms with Gasteiger partial charge < -0.3 is 4.74 Å². The molecule has 0 aliphatic carbocycles. The molecule has 4 heteroatoms. The van der Waals surface area contributed by atoms with Gasteiger partial charge in [0.05, 0.1) is 5.88 Å². The van der Waals surface area contributed by atoms with E-state index in [1.165, 1.54) is 18.2 Å². The normalized spacial score (nSPS) is 9.75. The SMILES string of the molecule is Fc1cc(C#CCCl)cc(OCc2ccccc2F)c1. The number of hydrogen-bond donors (Lipinski definition) is 0. The summed E-state index contributed by atoms with van der Waals surface area (Å²) in [4.78, 5) is 0. The van der Waals surface area contributed by atoms with Crippen molar-refractivity contribution in [3.63, 3.8) is 0 Å². The molecule has 102 valence electrons. The van der Waals surface area contributed by atoms with E-state index in [1.54, 1.807) is 24.3 Å². The molecule has 0 radical (unpaired) electrons. The van der Waals surface area contributed by atoms with Gasteiger partial charge in [-0.15, -0.1) is 11.6 Å². The summed E-state index contributed by atoms with van der Waals surface area (Å²) in [6, 6.07) is 10.4. The summed E-state index contributed by atoms with van der Waals surface area (Å²) in [6.07, 6.45) is 0. The van der Waals surface area contributed by atoms with Gasteiger partial charge in [-0.1, -0.05) is 30.0 Å². The molecular formula is C16H11ClF2O. The van der Waals surface area contributed by atoms with Crippen molar-refractivity contribution in [2.75, 3.05) is 5.88 Å². The zero-order chi connectivity index (χ0) is 14.4. The van der Waals surface area contributed by atoms with Gasteiger partial charge in [0.1, 0.15) is 24.0 Å². The van der Waals surface area contributed by atoms with E-state index in [9.17, 15) is 8.78 Å². The van der Waals surface area contributed by atoms with Crippen molar-refractivity contribution in [3.8, 4) is 17.6 Å². The van der Waals surface area contributed by atoms with Crippen LogP contribution in [0.15, 0.2) is 42.5 Å². The highest BCUT2D eigenvalue weighted by atomic mass is 35.5. The molecule has 0 saturated heterocycles. The van der Waals surface area contributed by atoms with Crippen LogP contribution in [0.25, 0.3) is 0 Å². The van der Waals surface area contributed by atoms with E-state index in [0.29, 0.717) is 16.9 Å². The highest BCUT2D eigenvalue weighted by Crippen LogP contribution is 2.18. The average molecular weight is 293 g/mol. The van der Waals surface area contributed by atoms with E-state index in [2.05, 4.69) is 11.8 Å². The maximum Gasteiger partial charge on any atom is 0.129 e. The first-order valence-electron chi connectivity index (χ1n) is 5.90. The molecule has 2 aromatic rings. The Kier molecular flexibility index (Phi) is 4.97. The first kappa shape index (κ1) is 14.4. The minimum Gasteiger partial charge on any atom is -0.489 e. The third kappa shape index (κ3) is 3.97. The second-order valence-corrected chi connectivity index (χ2v) is 4.26. The van der Waals surface area contributed by atoms with Crippen molar-refractivity contribution >= 4 is 11.6 Å². The van der Waals surface area contributed by atoms with Gasteiger partial charge in [-0.25, -0.2) is 8.78 Å². The first-order valence-corrected chi connectivity index (χ1v) is 6.44. The summed E-state index contributed by atoms with van der Waals surface area (Å²) in [6.45, 7) is 0.0263. The lowest BCUT2D eigenvalue weighted by atomic mass is 10.2. The lowest BCUT2D eigenvalue weighted by molar-refractivity contribution is 0.298. The predicted molar refractivity (Wildman–Crippen MR) is 74.7 cm³/mol. The van der Waals surface area contributed by atoms with E-state index in [1.807, 2.05) is 0 Å². The number of halogens is 3. The van der Waals surface area contributed by atoms with E-state index in [-0.39, 0.29) is 18.3 Å². The number of benzene rings is 2. The average Bonchev–Trinajstić information content (AvgIpc) is 2.44. The Labute approximate surface area is 121 Å². The van der Waals surface area contributed by atoms with Crippen molar-refractivity contribution in [2.45, 2.75) is 6.61 Å². The smallest absolute Gasteiger partial charge is 0.129 e. The maximum atomic E-state index is 13.4. The molecule has 0 aliphatic heterocycles. The van der Waals surface area contributed by atoms with Gasteiger partial charge in [-0.2, -0.15) is 0 Å². The van der Waals surface area contributed by atoms with Gasteiger partial charge >= 0.3 is 0 Å². The third-order valence-corrected chi connectivity index (χ3v) is 2.66. The van der Waals surface area contributed by atoms with Crippen LogP contribution in [0.4, 0.5) is 8.78 Å². The summed E-state index contributed by atoms with van der Waals surface area (Å²) in [7, 11) is 0. The number of alkyl halides is 1. The molecule has 0 N–H and O–H groups in total. The van der Waals surface area contributed by atoms with Crippen molar-refractivity contribution in [1.29, 1.82) is 0 Å². The summed E-state index contributed by atoms with van der Waals surface area (Å²) in [5.41, 5.74) is 0.874. The fourth-order valence-electron chi connectivity index (χ4n) is 1.63. The van der Waals surface area contributed by atoms with Gasteiger partial charge in [-0.05, 0) is 18.2 Å². The quantitative estimate of drug-likeness (QED) is 0.610. The van der Waals surface area contributed by atoms with Crippen LogP contribution in [0, 0.1) is 23.5 Å². The van der Waals surface area contributed by atoms with Crippen LogP contribution in [-0.4, -0.2) is 5.88 Å². The molecule has 0 unspecified atom stereocenters. The van der Waals surface area contributed by atoms with Crippen LogP contribution in [-0.2, 0) is 6.61 Å². The highest BCUT2D eigenvalue weighted by molar-refractivity contribution is 6.19. The van der Waals surface area contributed by atoms with Crippen molar-refractivity contribution in [2.24, 2.45) is 0 Å². The van der Waals surface area contributed by atoms with Gasteiger partial charge in [0.15, 0.2) is 0 Å². The Morgan fingerprint density at radius 3 is 2.65 bits per heavy atom. The molecule has 20 heavy (non-hydrogen) atoms. The Hall–Kier alpha value is -2.05. The standard InChI is InChI=1S/C16H11ClF2O/c17-7-3-4-12-8-14(18)10-15(9-12)20-11-13-5-1-2-6-16(13)19/h1-2,5-6,8-10H,7,11H2. The predicted octanol–water partition coefficient (Wildman–Crippen LogP) is 4.13.